The lowest BCUT2D eigenvalue weighted by Crippen LogP contribution is -2.56. The van der Waals surface area contributed by atoms with Gasteiger partial charge in [-0.15, -0.1) is 0 Å². The second-order valence-corrected chi connectivity index (χ2v) is 8.28. The molecule has 11 nitrogen and oxygen atoms in total. The molecule has 0 aliphatic heterocycles. The van der Waals surface area contributed by atoms with Crippen LogP contribution in [0.4, 0.5) is 4.79 Å². The zero-order chi connectivity index (χ0) is 26.5. The number of hydrogen-bond donors (Lipinski definition) is 2. The topological polar surface area (TPSA) is 146 Å². The Bertz CT molecular complexity index is 857. The molecule has 11 heteroatoms. The Labute approximate surface area is 204 Å². The lowest BCUT2D eigenvalue weighted by Gasteiger charge is -2.29. The van der Waals surface area contributed by atoms with E-state index in [-0.39, 0.29) is 18.9 Å². The van der Waals surface area contributed by atoms with Gasteiger partial charge in [0.1, 0.15) is 18.7 Å². The van der Waals surface area contributed by atoms with Gasteiger partial charge in [-0.2, -0.15) is 0 Å². The van der Waals surface area contributed by atoms with E-state index in [0.29, 0.717) is 0 Å². The van der Waals surface area contributed by atoms with Crippen molar-refractivity contribution in [3.63, 3.8) is 0 Å². The Morgan fingerprint density at radius 2 is 1.34 bits per heavy atom. The van der Waals surface area contributed by atoms with Gasteiger partial charge >= 0.3 is 24.0 Å². The third-order valence-corrected chi connectivity index (χ3v) is 5.24. The van der Waals surface area contributed by atoms with Crippen molar-refractivity contribution in [3.8, 4) is 0 Å². The first-order chi connectivity index (χ1) is 16.5. The highest BCUT2D eigenvalue weighted by atomic mass is 16.6. The zero-order valence-corrected chi connectivity index (χ0v) is 20.9. The standard InChI is InChI=1S/C24H34N2O9/c1-14(2)12-17(25-24(31)35-13-16-10-8-7-9-11-16)20(27)26-19(23(30)34-6)15(3)18(21(28)32-4)22(29)33-5/h7-11,14-15,17-19H,12-13H2,1-6H3,(H,25,31)(H,26,27)/t15-,17-,19-/m0/s1. The molecule has 2 amide bonds. The van der Waals surface area contributed by atoms with Crippen molar-refractivity contribution < 1.29 is 42.9 Å². The van der Waals surface area contributed by atoms with Crippen LogP contribution in [0.25, 0.3) is 0 Å². The molecule has 0 saturated carbocycles. The molecule has 194 valence electrons. The molecule has 0 spiro atoms. The Morgan fingerprint density at radius 3 is 1.83 bits per heavy atom. The summed E-state index contributed by atoms with van der Waals surface area (Å²) >= 11 is 0. The summed E-state index contributed by atoms with van der Waals surface area (Å²) in [5, 5.41) is 5.00. The minimum absolute atomic E-state index is 0.00441. The molecule has 0 aromatic heterocycles. The van der Waals surface area contributed by atoms with Crippen molar-refractivity contribution >= 4 is 29.9 Å². The van der Waals surface area contributed by atoms with Crippen molar-refractivity contribution in [2.45, 2.75) is 45.9 Å². The van der Waals surface area contributed by atoms with Crippen LogP contribution in [0.5, 0.6) is 0 Å². The number of hydrogen-bond acceptors (Lipinski definition) is 9. The number of amides is 2. The van der Waals surface area contributed by atoms with Crippen LogP contribution in [0.15, 0.2) is 30.3 Å². The molecule has 35 heavy (non-hydrogen) atoms. The van der Waals surface area contributed by atoms with Crippen LogP contribution >= 0.6 is 0 Å². The van der Waals surface area contributed by atoms with Gasteiger partial charge in [-0.1, -0.05) is 51.1 Å². The normalized spacial score (nSPS) is 13.3. The summed E-state index contributed by atoms with van der Waals surface area (Å²) in [7, 11) is 3.27. The summed E-state index contributed by atoms with van der Waals surface area (Å²) < 4.78 is 19.3. The van der Waals surface area contributed by atoms with E-state index in [9.17, 15) is 24.0 Å². The molecule has 2 N–H and O–H groups in total. The predicted octanol–water partition coefficient (Wildman–Crippen LogP) is 1.58. The molecule has 0 aliphatic carbocycles. The van der Waals surface area contributed by atoms with E-state index >= 15 is 0 Å². The van der Waals surface area contributed by atoms with Crippen LogP contribution < -0.4 is 10.6 Å². The molecule has 0 unspecified atom stereocenters. The zero-order valence-electron chi connectivity index (χ0n) is 20.9. The summed E-state index contributed by atoms with van der Waals surface area (Å²) in [4.78, 5) is 62.4. The summed E-state index contributed by atoms with van der Waals surface area (Å²) in [6.07, 6.45) is -0.592. The lowest BCUT2D eigenvalue weighted by atomic mass is 9.87. The van der Waals surface area contributed by atoms with Crippen molar-refractivity contribution in [3.05, 3.63) is 35.9 Å². The van der Waals surface area contributed by atoms with Crippen LogP contribution in [0.1, 0.15) is 32.8 Å². The fraction of sp³-hybridized carbons (Fsp3) is 0.542. The summed E-state index contributed by atoms with van der Waals surface area (Å²) in [6.45, 7) is 5.11. The molecule has 0 bridgehead atoms. The van der Waals surface area contributed by atoms with Gasteiger partial charge in [-0.3, -0.25) is 14.4 Å². The molecule has 1 aromatic rings. The molecule has 3 atom stereocenters. The first kappa shape index (κ1) is 29.4. The van der Waals surface area contributed by atoms with Gasteiger partial charge in [0.05, 0.1) is 21.3 Å². The van der Waals surface area contributed by atoms with Gasteiger partial charge in [0.2, 0.25) is 5.91 Å². The highest BCUT2D eigenvalue weighted by Crippen LogP contribution is 2.21. The maximum absolute atomic E-state index is 13.1. The number of ether oxygens (including phenoxy) is 4. The van der Waals surface area contributed by atoms with Crippen molar-refractivity contribution in [2.24, 2.45) is 17.8 Å². The van der Waals surface area contributed by atoms with E-state index < -0.39 is 53.8 Å². The van der Waals surface area contributed by atoms with Gasteiger partial charge in [0.15, 0.2) is 5.92 Å². The smallest absolute Gasteiger partial charge is 0.408 e. The third-order valence-electron chi connectivity index (χ3n) is 5.24. The molecule has 0 aliphatic rings. The van der Waals surface area contributed by atoms with E-state index in [4.69, 9.17) is 9.47 Å². The number of carbonyl (C=O) groups is 5. The fourth-order valence-electron chi connectivity index (χ4n) is 3.37. The number of methoxy groups -OCH3 is 3. The average molecular weight is 495 g/mol. The Balaban J connectivity index is 3.04. The van der Waals surface area contributed by atoms with Crippen LogP contribution in [0.3, 0.4) is 0 Å². The quantitative estimate of drug-likeness (QED) is 0.251. The van der Waals surface area contributed by atoms with Crippen LogP contribution in [-0.2, 0) is 44.7 Å². The molecular formula is C24H34N2O9. The number of alkyl carbamates (subject to hydrolysis) is 1. The number of esters is 3. The van der Waals surface area contributed by atoms with Gasteiger partial charge in [-0.05, 0) is 17.9 Å². The number of benzene rings is 1. The first-order valence-corrected chi connectivity index (χ1v) is 11.1. The van der Waals surface area contributed by atoms with Gasteiger partial charge in [0, 0.05) is 5.92 Å². The Hall–Kier alpha value is -3.63. The lowest BCUT2D eigenvalue weighted by molar-refractivity contribution is -0.163. The molecule has 0 heterocycles. The molecule has 1 aromatic carbocycles. The summed E-state index contributed by atoms with van der Waals surface area (Å²) in [6, 6.07) is 6.53. The van der Waals surface area contributed by atoms with E-state index in [2.05, 4.69) is 20.1 Å². The van der Waals surface area contributed by atoms with Crippen LogP contribution in [-0.4, -0.2) is 63.3 Å². The molecule has 0 fully saturated rings. The number of carbonyl (C=O) groups excluding carboxylic acids is 5. The van der Waals surface area contributed by atoms with Gasteiger partial charge in [0.25, 0.3) is 0 Å². The Morgan fingerprint density at radius 1 is 0.800 bits per heavy atom. The monoisotopic (exact) mass is 494 g/mol. The summed E-state index contributed by atoms with van der Waals surface area (Å²) in [5.41, 5.74) is 0.767. The maximum Gasteiger partial charge on any atom is 0.408 e. The van der Waals surface area contributed by atoms with Crippen molar-refractivity contribution in [2.75, 3.05) is 21.3 Å². The predicted molar refractivity (Wildman–Crippen MR) is 124 cm³/mol. The largest absolute Gasteiger partial charge is 0.468 e. The number of nitrogens with one attached hydrogen (secondary N) is 2. The first-order valence-electron chi connectivity index (χ1n) is 11.1. The maximum atomic E-state index is 13.1. The van der Waals surface area contributed by atoms with Crippen molar-refractivity contribution in [1.29, 1.82) is 0 Å². The fourth-order valence-corrected chi connectivity index (χ4v) is 3.37. The van der Waals surface area contributed by atoms with Gasteiger partial charge in [-0.25, -0.2) is 9.59 Å². The molecule has 0 radical (unpaired) electrons. The summed E-state index contributed by atoms with van der Waals surface area (Å²) in [5.74, 6) is -6.07. The SMILES string of the molecule is COC(=O)C(C(=O)OC)[C@H](C)[C@H](NC(=O)[C@H](CC(C)C)NC(=O)OCc1ccccc1)C(=O)OC. The second kappa shape index (κ2) is 14.6. The van der Waals surface area contributed by atoms with E-state index in [0.717, 1.165) is 26.9 Å². The van der Waals surface area contributed by atoms with Crippen LogP contribution in [0, 0.1) is 17.8 Å². The highest BCUT2D eigenvalue weighted by Gasteiger charge is 2.43. The van der Waals surface area contributed by atoms with E-state index in [1.165, 1.54) is 6.92 Å². The second-order valence-electron chi connectivity index (χ2n) is 8.28. The molecule has 1 rings (SSSR count). The minimum atomic E-state index is -1.50. The van der Waals surface area contributed by atoms with Crippen molar-refractivity contribution in [1.82, 2.24) is 10.6 Å². The molecular weight excluding hydrogens is 460 g/mol. The van der Waals surface area contributed by atoms with E-state index in [1.54, 1.807) is 24.3 Å². The highest BCUT2D eigenvalue weighted by molar-refractivity contribution is 5.97. The van der Waals surface area contributed by atoms with E-state index in [1.807, 2.05) is 19.9 Å². The third kappa shape index (κ3) is 9.26. The average Bonchev–Trinajstić information content (AvgIpc) is 2.84. The van der Waals surface area contributed by atoms with Gasteiger partial charge < -0.3 is 29.6 Å². The Kier molecular flexibility index (Phi) is 12.3. The minimum Gasteiger partial charge on any atom is -0.468 e. The van der Waals surface area contributed by atoms with Crippen LogP contribution in [0.2, 0.25) is 0 Å². The molecule has 0 saturated heterocycles. The number of rotatable bonds is 12.